The van der Waals surface area contributed by atoms with E-state index in [0.717, 1.165) is 70.9 Å². The molecule has 0 spiro atoms. The van der Waals surface area contributed by atoms with Gasteiger partial charge in [-0.25, -0.2) is 4.79 Å². The summed E-state index contributed by atoms with van der Waals surface area (Å²) < 4.78 is 7.70. The van der Waals surface area contributed by atoms with Crippen LogP contribution in [0.25, 0.3) is 10.1 Å². The lowest BCUT2D eigenvalue weighted by atomic mass is 10.2. The maximum atomic E-state index is 12.1. The van der Waals surface area contributed by atoms with Crippen molar-refractivity contribution in [3.8, 4) is 5.75 Å². The van der Waals surface area contributed by atoms with Gasteiger partial charge < -0.3 is 15.4 Å². The summed E-state index contributed by atoms with van der Waals surface area (Å²) in [6.45, 7) is 5.72. The Bertz CT molecular complexity index is 1070. The number of carbonyl (C=O) groups is 1. The van der Waals surface area contributed by atoms with E-state index in [1.165, 1.54) is 5.69 Å². The van der Waals surface area contributed by atoms with Gasteiger partial charge in [0.1, 0.15) is 10.8 Å². The number of thiophene rings is 1. The minimum Gasteiger partial charge on any atom is -0.495 e. The number of anilines is 2. The monoisotopic (exact) mass is 516 g/mol. The van der Waals surface area contributed by atoms with E-state index in [4.69, 9.17) is 10.5 Å². The second-order valence-corrected chi connectivity index (χ2v) is 9.94. The quantitative estimate of drug-likeness (QED) is 0.420. The molecule has 1 aliphatic heterocycles. The number of benzene rings is 2. The minimum absolute atomic E-state index is 0.388. The highest BCUT2D eigenvalue weighted by atomic mass is 79.9. The largest absolute Gasteiger partial charge is 0.495 e. The summed E-state index contributed by atoms with van der Waals surface area (Å²) in [5.41, 5.74) is 6.87. The van der Waals surface area contributed by atoms with Crippen molar-refractivity contribution in [2.24, 2.45) is 5.73 Å². The summed E-state index contributed by atoms with van der Waals surface area (Å²) in [5, 5.41) is 2.04. The molecule has 1 fully saturated rings. The molecule has 1 aliphatic rings. The number of nitrogens with two attached hydrogens (primary N) is 1. The average Bonchev–Trinajstić information content (AvgIpc) is 3.21. The number of hydrogen-bond donors (Lipinski definition) is 1. The van der Waals surface area contributed by atoms with E-state index in [2.05, 4.69) is 50.0 Å². The molecule has 32 heavy (non-hydrogen) atoms. The van der Waals surface area contributed by atoms with Crippen LogP contribution in [-0.2, 0) is 0 Å². The Kier molecular flexibility index (Phi) is 7.55. The van der Waals surface area contributed by atoms with Crippen molar-refractivity contribution in [3.05, 3.63) is 53.0 Å². The molecule has 6 nitrogen and oxygen atoms in total. The van der Waals surface area contributed by atoms with E-state index in [1.807, 2.05) is 24.3 Å². The molecule has 8 heteroatoms. The van der Waals surface area contributed by atoms with Gasteiger partial charge in [0.2, 0.25) is 0 Å². The average molecular weight is 517 g/mol. The zero-order chi connectivity index (χ0) is 22.5. The summed E-state index contributed by atoms with van der Waals surface area (Å²) in [6.07, 6.45) is 1.96. The van der Waals surface area contributed by atoms with E-state index in [-0.39, 0.29) is 6.03 Å². The summed E-state index contributed by atoms with van der Waals surface area (Å²) in [6, 6.07) is 16.0. The number of primary amides is 1. The Morgan fingerprint density at radius 1 is 1.12 bits per heavy atom. The zero-order valence-corrected chi connectivity index (χ0v) is 20.7. The van der Waals surface area contributed by atoms with Crippen molar-refractivity contribution in [1.29, 1.82) is 0 Å². The van der Waals surface area contributed by atoms with Crippen LogP contribution >= 0.6 is 27.3 Å². The lowest BCUT2D eigenvalue weighted by molar-refractivity contribution is 0.249. The van der Waals surface area contributed by atoms with Crippen LogP contribution in [0, 0.1) is 0 Å². The molecule has 170 valence electrons. The smallest absolute Gasteiger partial charge is 0.319 e. The Morgan fingerprint density at radius 3 is 2.66 bits per heavy atom. The van der Waals surface area contributed by atoms with Gasteiger partial charge in [-0.1, -0.05) is 28.1 Å². The molecule has 0 radical (unpaired) electrons. The van der Waals surface area contributed by atoms with Crippen LogP contribution in [0.5, 0.6) is 5.75 Å². The molecule has 3 aromatic rings. The molecule has 0 bridgehead atoms. The molecular formula is C24H29BrN4O2S. The molecule has 4 rings (SSSR count). The van der Waals surface area contributed by atoms with Crippen LogP contribution in [0.15, 0.2) is 53.0 Å². The summed E-state index contributed by atoms with van der Waals surface area (Å²) in [4.78, 5) is 18.7. The number of carbonyl (C=O) groups excluding carboxylic acids is 1. The van der Waals surface area contributed by atoms with Crippen LogP contribution in [0.2, 0.25) is 0 Å². The molecule has 2 N–H and O–H groups in total. The fourth-order valence-corrected chi connectivity index (χ4v) is 5.62. The molecule has 0 saturated carbocycles. The van der Waals surface area contributed by atoms with Crippen molar-refractivity contribution in [2.45, 2.75) is 12.8 Å². The van der Waals surface area contributed by atoms with E-state index >= 15 is 0 Å². The predicted molar refractivity (Wildman–Crippen MR) is 137 cm³/mol. The number of unbranched alkanes of at least 4 members (excludes halogenated alkanes) is 1. The van der Waals surface area contributed by atoms with Gasteiger partial charge in [0.25, 0.3) is 0 Å². The number of methoxy groups -OCH3 is 1. The number of amides is 2. The van der Waals surface area contributed by atoms with Gasteiger partial charge in [0.15, 0.2) is 0 Å². The standard InChI is InChI=1S/C24H29BrN4O2S/c1-31-21-7-3-2-6-20(21)28-14-12-27(13-15-28)10-4-5-11-29(24(26)30)23-17-18-16-19(25)8-9-22(18)32-23/h2-3,6-9,16-17H,4-5,10-15H2,1H3,(H2,26,30). The lowest BCUT2D eigenvalue weighted by Crippen LogP contribution is -2.46. The van der Waals surface area contributed by atoms with Crippen LogP contribution in [-0.4, -0.2) is 57.3 Å². The third-order valence-corrected chi connectivity index (χ3v) is 7.53. The first-order chi connectivity index (χ1) is 15.5. The Balaban J connectivity index is 1.25. The molecule has 2 heterocycles. The van der Waals surface area contributed by atoms with Crippen LogP contribution in [0.4, 0.5) is 15.5 Å². The molecule has 2 aromatic carbocycles. The van der Waals surface area contributed by atoms with Crippen LogP contribution in [0.1, 0.15) is 12.8 Å². The highest BCUT2D eigenvalue weighted by molar-refractivity contribution is 9.10. The number of halogens is 1. The van der Waals surface area contributed by atoms with Crippen molar-refractivity contribution in [2.75, 3.05) is 56.2 Å². The van der Waals surface area contributed by atoms with Crippen molar-refractivity contribution in [1.82, 2.24) is 4.90 Å². The number of urea groups is 1. The van der Waals surface area contributed by atoms with E-state index in [1.54, 1.807) is 23.3 Å². The Morgan fingerprint density at radius 2 is 1.91 bits per heavy atom. The van der Waals surface area contributed by atoms with Gasteiger partial charge >= 0.3 is 6.03 Å². The van der Waals surface area contributed by atoms with E-state index < -0.39 is 0 Å². The van der Waals surface area contributed by atoms with Gasteiger partial charge in [-0.2, -0.15) is 0 Å². The molecular weight excluding hydrogens is 488 g/mol. The van der Waals surface area contributed by atoms with Crippen molar-refractivity contribution in [3.63, 3.8) is 0 Å². The number of fused-ring (bicyclic) bond motifs is 1. The highest BCUT2D eigenvalue weighted by Crippen LogP contribution is 2.34. The van der Waals surface area contributed by atoms with E-state index in [9.17, 15) is 4.79 Å². The Hall–Kier alpha value is -2.29. The molecule has 0 aliphatic carbocycles. The SMILES string of the molecule is COc1ccccc1N1CCN(CCCCN(C(N)=O)c2cc3cc(Br)ccc3s2)CC1. The second-order valence-electron chi connectivity index (χ2n) is 7.96. The summed E-state index contributed by atoms with van der Waals surface area (Å²) in [5.74, 6) is 0.932. The van der Waals surface area contributed by atoms with Crippen LogP contribution in [0.3, 0.4) is 0 Å². The topological polar surface area (TPSA) is 62.0 Å². The normalized spacial score (nSPS) is 14.6. The minimum atomic E-state index is -0.388. The molecule has 1 aromatic heterocycles. The molecule has 2 amide bonds. The molecule has 1 saturated heterocycles. The van der Waals surface area contributed by atoms with Crippen molar-refractivity contribution >= 4 is 54.1 Å². The number of rotatable bonds is 8. The van der Waals surface area contributed by atoms with Gasteiger partial charge in [0, 0.05) is 41.9 Å². The molecule has 0 atom stereocenters. The summed E-state index contributed by atoms with van der Waals surface area (Å²) in [7, 11) is 1.72. The number of hydrogen-bond acceptors (Lipinski definition) is 5. The first-order valence-corrected chi connectivity index (χ1v) is 12.5. The van der Waals surface area contributed by atoms with E-state index in [0.29, 0.717) is 6.54 Å². The van der Waals surface area contributed by atoms with Gasteiger partial charge in [-0.15, -0.1) is 11.3 Å². The number of para-hydroxylation sites is 2. The van der Waals surface area contributed by atoms with Gasteiger partial charge in [-0.3, -0.25) is 9.80 Å². The highest BCUT2D eigenvalue weighted by Gasteiger charge is 2.20. The van der Waals surface area contributed by atoms with Gasteiger partial charge in [0.05, 0.1) is 12.8 Å². The summed E-state index contributed by atoms with van der Waals surface area (Å²) >= 11 is 5.11. The number of ether oxygens (including phenoxy) is 1. The maximum absolute atomic E-state index is 12.1. The zero-order valence-electron chi connectivity index (χ0n) is 18.3. The predicted octanol–water partition coefficient (Wildman–Crippen LogP) is 5.16. The fraction of sp³-hybridized carbons (Fsp3) is 0.375. The first-order valence-electron chi connectivity index (χ1n) is 10.9. The third kappa shape index (κ3) is 5.36. The van der Waals surface area contributed by atoms with Gasteiger partial charge in [-0.05, 0) is 61.2 Å². The molecule has 0 unspecified atom stereocenters. The Labute approximate surface area is 201 Å². The van der Waals surface area contributed by atoms with Crippen LogP contribution < -0.4 is 20.3 Å². The fourth-order valence-electron chi connectivity index (χ4n) is 4.17. The first kappa shape index (κ1) is 22.9. The number of nitrogens with zero attached hydrogens (tertiary/aromatic N) is 3. The van der Waals surface area contributed by atoms with Crippen molar-refractivity contribution < 1.29 is 9.53 Å². The third-order valence-electron chi connectivity index (χ3n) is 5.90. The number of piperazine rings is 1. The lowest BCUT2D eigenvalue weighted by Gasteiger charge is -2.36. The maximum Gasteiger partial charge on any atom is 0.319 e. The second kappa shape index (κ2) is 10.6.